The molecule has 4 nitrogen and oxygen atoms in total. The molecule has 15 heavy (non-hydrogen) atoms. The van der Waals surface area contributed by atoms with Gasteiger partial charge in [-0.25, -0.2) is 0 Å². The van der Waals surface area contributed by atoms with E-state index in [1.54, 1.807) is 6.20 Å². The number of carboxylic acids is 1. The zero-order valence-corrected chi connectivity index (χ0v) is 9.63. The van der Waals surface area contributed by atoms with E-state index in [4.69, 9.17) is 10.8 Å². The number of thioether (sulfide) groups is 1. The number of halogens is 1. The summed E-state index contributed by atoms with van der Waals surface area (Å²) in [6.45, 7) is 0. The number of carbonyl (C=O) groups is 1. The van der Waals surface area contributed by atoms with Gasteiger partial charge in [-0.15, -0.1) is 12.4 Å². The maximum absolute atomic E-state index is 10.4. The van der Waals surface area contributed by atoms with Gasteiger partial charge in [0.1, 0.15) is 6.04 Å². The van der Waals surface area contributed by atoms with E-state index in [1.807, 2.05) is 18.2 Å². The van der Waals surface area contributed by atoms with Gasteiger partial charge >= 0.3 is 5.97 Å². The molecular formula is C9H13ClN2O2S. The highest BCUT2D eigenvalue weighted by atomic mass is 35.5. The van der Waals surface area contributed by atoms with Crippen LogP contribution in [0, 0.1) is 0 Å². The van der Waals surface area contributed by atoms with Crippen molar-refractivity contribution >= 4 is 30.1 Å². The lowest BCUT2D eigenvalue weighted by molar-refractivity contribution is -0.137. The first-order valence-electron chi connectivity index (χ1n) is 4.16. The SMILES string of the molecule is Cl.NC(CSCc1ccccn1)C(=O)O. The predicted molar refractivity (Wildman–Crippen MR) is 63.3 cm³/mol. The van der Waals surface area contributed by atoms with E-state index in [9.17, 15) is 4.79 Å². The smallest absolute Gasteiger partial charge is 0.321 e. The lowest BCUT2D eigenvalue weighted by Crippen LogP contribution is -2.32. The van der Waals surface area contributed by atoms with Crippen LogP contribution in [-0.4, -0.2) is 27.9 Å². The van der Waals surface area contributed by atoms with Crippen molar-refractivity contribution in [2.24, 2.45) is 5.73 Å². The molecule has 0 spiro atoms. The maximum atomic E-state index is 10.4. The van der Waals surface area contributed by atoms with Crippen molar-refractivity contribution in [3.05, 3.63) is 30.1 Å². The molecule has 1 rings (SSSR count). The van der Waals surface area contributed by atoms with Crippen LogP contribution < -0.4 is 5.73 Å². The molecule has 0 aromatic carbocycles. The van der Waals surface area contributed by atoms with E-state index in [0.717, 1.165) is 5.69 Å². The number of hydrogen-bond acceptors (Lipinski definition) is 4. The number of aromatic nitrogens is 1. The Hall–Kier alpha value is -0.780. The summed E-state index contributed by atoms with van der Waals surface area (Å²) in [7, 11) is 0. The van der Waals surface area contributed by atoms with Crippen LogP contribution in [0.25, 0.3) is 0 Å². The van der Waals surface area contributed by atoms with E-state index < -0.39 is 12.0 Å². The van der Waals surface area contributed by atoms with Crippen molar-refractivity contribution in [1.29, 1.82) is 0 Å². The van der Waals surface area contributed by atoms with Gasteiger partial charge in [-0.1, -0.05) is 6.07 Å². The lowest BCUT2D eigenvalue weighted by atomic mass is 10.4. The van der Waals surface area contributed by atoms with Gasteiger partial charge in [0.15, 0.2) is 0 Å². The number of rotatable bonds is 5. The Bertz CT molecular complexity index is 297. The van der Waals surface area contributed by atoms with Crippen LogP contribution in [0.1, 0.15) is 5.69 Å². The van der Waals surface area contributed by atoms with Crippen LogP contribution in [0.2, 0.25) is 0 Å². The molecule has 0 amide bonds. The molecule has 6 heteroatoms. The molecule has 84 valence electrons. The van der Waals surface area contributed by atoms with Gasteiger partial charge in [-0.3, -0.25) is 9.78 Å². The van der Waals surface area contributed by atoms with Crippen molar-refractivity contribution in [2.45, 2.75) is 11.8 Å². The number of carboxylic acid groups (broad SMARTS) is 1. The molecule has 0 aliphatic rings. The van der Waals surface area contributed by atoms with Crippen LogP contribution >= 0.6 is 24.2 Å². The normalized spacial score (nSPS) is 11.5. The zero-order valence-electron chi connectivity index (χ0n) is 8.00. The fourth-order valence-electron chi connectivity index (χ4n) is 0.845. The molecule has 0 fully saturated rings. The average molecular weight is 249 g/mol. The van der Waals surface area contributed by atoms with Crippen LogP contribution in [0.15, 0.2) is 24.4 Å². The van der Waals surface area contributed by atoms with Crippen molar-refractivity contribution in [3.63, 3.8) is 0 Å². The molecule has 1 aromatic heterocycles. The van der Waals surface area contributed by atoms with E-state index in [1.165, 1.54) is 11.8 Å². The second-order valence-electron chi connectivity index (χ2n) is 2.78. The quantitative estimate of drug-likeness (QED) is 0.818. The van der Waals surface area contributed by atoms with Crippen molar-refractivity contribution in [1.82, 2.24) is 4.98 Å². The summed E-state index contributed by atoms with van der Waals surface area (Å²) in [6.07, 6.45) is 1.72. The number of pyridine rings is 1. The Morgan fingerprint density at radius 3 is 2.87 bits per heavy atom. The first kappa shape index (κ1) is 14.2. The largest absolute Gasteiger partial charge is 0.480 e. The molecule has 0 radical (unpaired) electrons. The molecule has 0 saturated heterocycles. The van der Waals surface area contributed by atoms with E-state index >= 15 is 0 Å². The van der Waals surface area contributed by atoms with Crippen LogP contribution in [0.3, 0.4) is 0 Å². The van der Waals surface area contributed by atoms with Gasteiger partial charge < -0.3 is 10.8 Å². The summed E-state index contributed by atoms with van der Waals surface area (Å²) in [5, 5.41) is 8.53. The minimum Gasteiger partial charge on any atom is -0.480 e. The van der Waals surface area contributed by atoms with Gasteiger partial charge in [0.25, 0.3) is 0 Å². The minimum absolute atomic E-state index is 0. The lowest BCUT2D eigenvalue weighted by Gasteiger charge is -2.04. The van der Waals surface area contributed by atoms with Gasteiger partial charge in [0.2, 0.25) is 0 Å². The molecule has 1 atom stereocenters. The fraction of sp³-hybridized carbons (Fsp3) is 0.333. The summed E-state index contributed by atoms with van der Waals surface area (Å²) < 4.78 is 0. The highest BCUT2D eigenvalue weighted by Gasteiger charge is 2.10. The number of nitrogens with two attached hydrogens (primary N) is 1. The summed E-state index contributed by atoms with van der Waals surface area (Å²) in [5.41, 5.74) is 6.28. The van der Waals surface area contributed by atoms with Crippen LogP contribution in [0.5, 0.6) is 0 Å². The third kappa shape index (κ3) is 5.61. The fourth-order valence-corrected chi connectivity index (χ4v) is 1.74. The van der Waals surface area contributed by atoms with Gasteiger partial charge in [0, 0.05) is 17.7 Å². The molecule has 0 aliphatic carbocycles. The molecule has 0 aliphatic heterocycles. The van der Waals surface area contributed by atoms with Gasteiger partial charge in [0.05, 0.1) is 5.69 Å². The molecular weight excluding hydrogens is 236 g/mol. The molecule has 0 bridgehead atoms. The minimum atomic E-state index is -0.960. The molecule has 1 unspecified atom stereocenters. The zero-order chi connectivity index (χ0) is 10.4. The summed E-state index contributed by atoms with van der Waals surface area (Å²) >= 11 is 1.47. The Morgan fingerprint density at radius 1 is 1.60 bits per heavy atom. The Labute approximate surface area is 98.7 Å². The maximum Gasteiger partial charge on any atom is 0.321 e. The highest BCUT2D eigenvalue weighted by molar-refractivity contribution is 7.98. The number of hydrogen-bond donors (Lipinski definition) is 2. The number of aliphatic carboxylic acids is 1. The van der Waals surface area contributed by atoms with E-state index in [-0.39, 0.29) is 12.4 Å². The van der Waals surface area contributed by atoms with E-state index in [0.29, 0.717) is 11.5 Å². The summed E-state index contributed by atoms with van der Waals surface area (Å²) in [5.74, 6) is 0.145. The Balaban J connectivity index is 0.00000196. The third-order valence-electron chi connectivity index (χ3n) is 1.59. The first-order valence-corrected chi connectivity index (χ1v) is 5.31. The topological polar surface area (TPSA) is 76.2 Å². The highest BCUT2D eigenvalue weighted by Crippen LogP contribution is 2.09. The molecule has 1 aromatic rings. The third-order valence-corrected chi connectivity index (χ3v) is 2.69. The van der Waals surface area contributed by atoms with Crippen molar-refractivity contribution in [3.8, 4) is 0 Å². The first-order chi connectivity index (χ1) is 6.70. The molecule has 1 heterocycles. The van der Waals surface area contributed by atoms with Crippen molar-refractivity contribution < 1.29 is 9.90 Å². The Kier molecular flexibility index (Phi) is 7.11. The Morgan fingerprint density at radius 2 is 2.33 bits per heavy atom. The second kappa shape index (κ2) is 7.50. The second-order valence-corrected chi connectivity index (χ2v) is 3.81. The molecule has 0 saturated carbocycles. The van der Waals surface area contributed by atoms with E-state index in [2.05, 4.69) is 4.98 Å². The van der Waals surface area contributed by atoms with Gasteiger partial charge in [-0.05, 0) is 12.1 Å². The summed E-state index contributed by atoms with van der Waals surface area (Å²) in [6, 6.07) is 4.86. The van der Waals surface area contributed by atoms with Crippen LogP contribution in [-0.2, 0) is 10.5 Å². The monoisotopic (exact) mass is 248 g/mol. The number of nitrogens with zero attached hydrogens (tertiary/aromatic N) is 1. The molecule has 3 N–H and O–H groups in total. The van der Waals surface area contributed by atoms with Crippen molar-refractivity contribution in [2.75, 3.05) is 5.75 Å². The van der Waals surface area contributed by atoms with Crippen LogP contribution in [0.4, 0.5) is 0 Å². The van der Waals surface area contributed by atoms with Gasteiger partial charge in [-0.2, -0.15) is 11.8 Å². The summed E-state index contributed by atoms with van der Waals surface area (Å²) in [4.78, 5) is 14.5. The standard InChI is InChI=1S/C9H12N2O2S.ClH/c10-8(9(12)13)6-14-5-7-3-1-2-4-11-7;/h1-4,8H,5-6,10H2,(H,12,13);1H. The predicted octanol–water partition coefficient (Wildman–Crippen LogP) is 1.15. The average Bonchev–Trinajstić information content (AvgIpc) is 2.19.